The van der Waals surface area contributed by atoms with Gasteiger partial charge in [0.2, 0.25) is 0 Å². The summed E-state index contributed by atoms with van der Waals surface area (Å²) >= 11 is 0. The molecule has 4 heteroatoms. The van der Waals surface area contributed by atoms with E-state index in [0.29, 0.717) is 12.3 Å². The normalized spacial score (nSPS) is 15.5. The SMILES string of the molecule is O=C(O)OC1=C2c3ccccc3C=CN2CC(c2ccccc2)=C1. The zero-order valence-corrected chi connectivity index (χ0v) is 12.8. The van der Waals surface area contributed by atoms with Gasteiger partial charge in [-0.25, -0.2) is 4.79 Å². The number of allylic oxidation sites excluding steroid dienone is 1. The Morgan fingerprint density at radius 1 is 1.04 bits per heavy atom. The third-order valence-corrected chi connectivity index (χ3v) is 4.16. The van der Waals surface area contributed by atoms with Gasteiger partial charge >= 0.3 is 6.16 Å². The Balaban J connectivity index is 1.89. The van der Waals surface area contributed by atoms with Crippen molar-refractivity contribution in [1.29, 1.82) is 0 Å². The second kappa shape index (κ2) is 5.74. The first-order valence-corrected chi connectivity index (χ1v) is 7.67. The number of rotatable bonds is 2. The first-order valence-electron chi connectivity index (χ1n) is 7.67. The molecule has 0 radical (unpaired) electrons. The maximum Gasteiger partial charge on any atom is 0.511 e. The van der Waals surface area contributed by atoms with Crippen molar-refractivity contribution in [2.24, 2.45) is 0 Å². The van der Waals surface area contributed by atoms with Crippen LogP contribution in [0.5, 0.6) is 0 Å². The molecule has 0 saturated heterocycles. The monoisotopic (exact) mass is 317 g/mol. The summed E-state index contributed by atoms with van der Waals surface area (Å²) in [6.07, 6.45) is 4.52. The number of ether oxygens (including phenoxy) is 1. The van der Waals surface area contributed by atoms with Gasteiger partial charge in [0, 0.05) is 18.3 Å². The molecule has 2 aliphatic heterocycles. The quantitative estimate of drug-likeness (QED) is 0.832. The van der Waals surface area contributed by atoms with Crippen LogP contribution in [-0.4, -0.2) is 22.7 Å². The molecule has 24 heavy (non-hydrogen) atoms. The number of benzene rings is 2. The van der Waals surface area contributed by atoms with Crippen LogP contribution in [0.4, 0.5) is 4.79 Å². The fraction of sp³-hybridized carbons (Fsp3) is 0.0500. The van der Waals surface area contributed by atoms with E-state index in [-0.39, 0.29) is 0 Å². The summed E-state index contributed by atoms with van der Waals surface area (Å²) in [6, 6.07) is 17.8. The summed E-state index contributed by atoms with van der Waals surface area (Å²) in [5, 5.41) is 9.14. The minimum Gasteiger partial charge on any atom is -0.449 e. The highest BCUT2D eigenvalue weighted by Crippen LogP contribution is 2.38. The van der Waals surface area contributed by atoms with Crippen molar-refractivity contribution in [2.75, 3.05) is 6.54 Å². The van der Waals surface area contributed by atoms with E-state index in [1.165, 1.54) is 0 Å². The van der Waals surface area contributed by atoms with E-state index in [9.17, 15) is 4.79 Å². The molecule has 4 rings (SSSR count). The van der Waals surface area contributed by atoms with Crippen LogP contribution in [0.3, 0.4) is 0 Å². The standard InChI is InChI=1S/C20H15NO3/c22-20(23)24-18-12-16(14-6-2-1-3-7-14)13-21-11-10-15-8-4-5-9-17(15)19(18)21/h1-12H,13H2,(H,22,23). The molecular weight excluding hydrogens is 302 g/mol. The highest BCUT2D eigenvalue weighted by Gasteiger charge is 2.27. The first kappa shape index (κ1) is 14.3. The van der Waals surface area contributed by atoms with Gasteiger partial charge in [0.1, 0.15) is 0 Å². The number of nitrogens with zero attached hydrogens (tertiary/aromatic N) is 1. The molecule has 1 N–H and O–H groups in total. The van der Waals surface area contributed by atoms with E-state index in [1.807, 2.05) is 77.8 Å². The van der Waals surface area contributed by atoms with Gasteiger partial charge < -0.3 is 14.7 Å². The Hall–Kier alpha value is -3.27. The van der Waals surface area contributed by atoms with Gasteiger partial charge in [-0.2, -0.15) is 0 Å². The van der Waals surface area contributed by atoms with Crippen LogP contribution in [0.15, 0.2) is 72.6 Å². The van der Waals surface area contributed by atoms with Gasteiger partial charge in [-0.3, -0.25) is 0 Å². The summed E-state index contributed by atoms with van der Waals surface area (Å²) in [6.45, 7) is 0.663. The van der Waals surface area contributed by atoms with E-state index in [0.717, 1.165) is 28.0 Å². The molecule has 0 aliphatic carbocycles. The van der Waals surface area contributed by atoms with Crippen LogP contribution < -0.4 is 0 Å². The van der Waals surface area contributed by atoms with E-state index >= 15 is 0 Å². The predicted octanol–water partition coefficient (Wildman–Crippen LogP) is 4.43. The van der Waals surface area contributed by atoms with Crippen molar-refractivity contribution in [2.45, 2.75) is 0 Å². The zero-order chi connectivity index (χ0) is 16.5. The Morgan fingerprint density at radius 3 is 2.58 bits per heavy atom. The van der Waals surface area contributed by atoms with Crippen LogP contribution >= 0.6 is 0 Å². The van der Waals surface area contributed by atoms with E-state index < -0.39 is 6.16 Å². The molecule has 2 aliphatic rings. The lowest BCUT2D eigenvalue weighted by molar-refractivity contribution is 0.121. The van der Waals surface area contributed by atoms with Crippen LogP contribution in [0.25, 0.3) is 17.3 Å². The highest BCUT2D eigenvalue weighted by molar-refractivity contribution is 5.86. The third kappa shape index (κ3) is 2.48. The van der Waals surface area contributed by atoms with Gasteiger partial charge in [0.25, 0.3) is 0 Å². The highest BCUT2D eigenvalue weighted by atomic mass is 16.7. The van der Waals surface area contributed by atoms with E-state index in [4.69, 9.17) is 9.84 Å². The zero-order valence-electron chi connectivity index (χ0n) is 12.8. The molecule has 0 fully saturated rings. The molecule has 0 amide bonds. The minimum absolute atomic E-state index is 0.351. The summed E-state index contributed by atoms with van der Waals surface area (Å²) < 4.78 is 5.11. The maximum absolute atomic E-state index is 11.2. The number of fused-ring (bicyclic) bond motifs is 3. The molecule has 4 nitrogen and oxygen atoms in total. The van der Waals surface area contributed by atoms with E-state index in [1.54, 1.807) is 0 Å². The Bertz CT molecular complexity index is 894. The molecule has 2 heterocycles. The topological polar surface area (TPSA) is 49.8 Å². The molecular formula is C20H15NO3. The van der Waals surface area contributed by atoms with Crippen molar-refractivity contribution in [3.8, 4) is 0 Å². The molecule has 0 spiro atoms. The van der Waals surface area contributed by atoms with Crippen LogP contribution in [-0.2, 0) is 4.74 Å². The number of hydrogen-bond acceptors (Lipinski definition) is 3. The summed E-state index contributed by atoms with van der Waals surface area (Å²) in [5.41, 5.74) is 4.87. The second-order valence-corrected chi connectivity index (χ2v) is 5.65. The maximum atomic E-state index is 11.2. The molecule has 0 saturated carbocycles. The second-order valence-electron chi connectivity index (χ2n) is 5.65. The van der Waals surface area contributed by atoms with Crippen molar-refractivity contribution in [3.05, 3.63) is 89.3 Å². The molecule has 0 bridgehead atoms. The summed E-state index contributed by atoms with van der Waals surface area (Å²) in [5.74, 6) is 0.351. The van der Waals surface area contributed by atoms with Crippen LogP contribution in [0, 0.1) is 0 Å². The van der Waals surface area contributed by atoms with Gasteiger partial charge in [0.15, 0.2) is 5.76 Å². The largest absolute Gasteiger partial charge is 0.511 e. The lowest BCUT2D eigenvalue weighted by atomic mass is 9.94. The number of hydrogen-bond donors (Lipinski definition) is 1. The van der Waals surface area contributed by atoms with Crippen LogP contribution in [0.1, 0.15) is 16.7 Å². The van der Waals surface area contributed by atoms with Crippen molar-refractivity contribution in [1.82, 2.24) is 4.90 Å². The predicted molar refractivity (Wildman–Crippen MR) is 92.6 cm³/mol. The number of carboxylic acid groups (broad SMARTS) is 1. The molecule has 118 valence electrons. The fourth-order valence-corrected chi connectivity index (χ4v) is 3.12. The first-order chi connectivity index (χ1) is 11.7. The number of carbonyl (C=O) groups is 1. The average molecular weight is 317 g/mol. The average Bonchev–Trinajstić information content (AvgIpc) is 2.61. The Morgan fingerprint density at radius 2 is 1.79 bits per heavy atom. The van der Waals surface area contributed by atoms with Crippen molar-refractivity contribution >= 4 is 23.5 Å². The molecule has 0 aromatic heterocycles. The molecule has 2 aromatic carbocycles. The molecule has 2 aromatic rings. The fourth-order valence-electron chi connectivity index (χ4n) is 3.12. The smallest absolute Gasteiger partial charge is 0.449 e. The Kier molecular flexibility index (Phi) is 3.43. The van der Waals surface area contributed by atoms with Crippen LogP contribution in [0.2, 0.25) is 0 Å². The minimum atomic E-state index is -1.31. The lowest BCUT2D eigenvalue weighted by Gasteiger charge is -2.33. The molecule has 0 atom stereocenters. The van der Waals surface area contributed by atoms with E-state index in [2.05, 4.69) is 0 Å². The van der Waals surface area contributed by atoms with Gasteiger partial charge in [-0.15, -0.1) is 0 Å². The van der Waals surface area contributed by atoms with Gasteiger partial charge in [-0.1, -0.05) is 54.6 Å². The summed E-state index contributed by atoms with van der Waals surface area (Å²) in [7, 11) is 0. The van der Waals surface area contributed by atoms with Crippen molar-refractivity contribution < 1.29 is 14.6 Å². The van der Waals surface area contributed by atoms with Gasteiger partial charge in [-0.05, 0) is 28.9 Å². The van der Waals surface area contributed by atoms with Crippen molar-refractivity contribution in [3.63, 3.8) is 0 Å². The van der Waals surface area contributed by atoms with Gasteiger partial charge in [0.05, 0.1) is 5.70 Å². The third-order valence-electron chi connectivity index (χ3n) is 4.16. The Labute approximate surface area is 139 Å². The molecule has 0 unspecified atom stereocenters. The summed E-state index contributed by atoms with van der Waals surface area (Å²) in [4.78, 5) is 13.2. The lowest BCUT2D eigenvalue weighted by Crippen LogP contribution is -2.26.